The molecule has 0 aliphatic heterocycles. The molecule has 0 saturated heterocycles. The Balaban J connectivity index is 1.51. The molecule has 3 rings (SSSR count). The SMILES string of the molecule is CN(C)C(=O)CSc1ccccc1C(=O)NCCCc1nc2ccccc2s1. The van der Waals surface area contributed by atoms with Crippen LogP contribution in [0.25, 0.3) is 10.2 Å². The molecule has 0 bridgehead atoms. The standard InChI is InChI=1S/C21H23N3O2S2/c1-24(2)20(25)14-27-17-10-5-3-8-15(17)21(26)22-13-7-12-19-23-16-9-4-6-11-18(16)28-19/h3-6,8-11H,7,12-14H2,1-2H3,(H,22,26). The lowest BCUT2D eigenvalue weighted by Gasteiger charge is -2.12. The van der Waals surface area contributed by atoms with Crippen molar-refractivity contribution in [2.24, 2.45) is 0 Å². The molecule has 28 heavy (non-hydrogen) atoms. The summed E-state index contributed by atoms with van der Waals surface area (Å²) >= 11 is 3.09. The van der Waals surface area contributed by atoms with Crippen molar-refractivity contribution in [1.29, 1.82) is 0 Å². The first-order valence-electron chi connectivity index (χ1n) is 9.09. The van der Waals surface area contributed by atoms with E-state index in [1.807, 2.05) is 36.4 Å². The number of rotatable bonds is 8. The van der Waals surface area contributed by atoms with Gasteiger partial charge in [-0.2, -0.15) is 0 Å². The smallest absolute Gasteiger partial charge is 0.252 e. The lowest BCUT2D eigenvalue weighted by Crippen LogP contribution is -2.26. The van der Waals surface area contributed by atoms with E-state index in [1.54, 1.807) is 36.4 Å². The summed E-state index contributed by atoms with van der Waals surface area (Å²) in [5.41, 5.74) is 1.64. The lowest BCUT2D eigenvalue weighted by molar-refractivity contribution is -0.125. The number of nitrogens with zero attached hydrogens (tertiary/aromatic N) is 2. The Hall–Kier alpha value is -2.38. The fourth-order valence-electron chi connectivity index (χ4n) is 2.61. The summed E-state index contributed by atoms with van der Waals surface area (Å²) in [6.07, 6.45) is 1.67. The first-order valence-corrected chi connectivity index (χ1v) is 10.9. The first kappa shape index (κ1) is 20.4. The summed E-state index contributed by atoms with van der Waals surface area (Å²) in [6.45, 7) is 0.588. The van der Waals surface area contributed by atoms with Crippen LogP contribution in [-0.4, -0.2) is 48.1 Å². The topological polar surface area (TPSA) is 62.3 Å². The average Bonchev–Trinajstić information content (AvgIpc) is 3.12. The van der Waals surface area contributed by atoms with Crippen LogP contribution < -0.4 is 5.32 Å². The van der Waals surface area contributed by atoms with Crippen LogP contribution in [-0.2, 0) is 11.2 Å². The van der Waals surface area contributed by atoms with Crippen LogP contribution in [0.3, 0.4) is 0 Å². The number of para-hydroxylation sites is 1. The number of benzene rings is 2. The van der Waals surface area contributed by atoms with Gasteiger partial charge in [0.1, 0.15) is 0 Å². The van der Waals surface area contributed by atoms with E-state index in [-0.39, 0.29) is 11.8 Å². The predicted octanol–water partition coefficient (Wildman–Crippen LogP) is 3.84. The summed E-state index contributed by atoms with van der Waals surface area (Å²) in [4.78, 5) is 31.4. The molecule has 0 radical (unpaired) electrons. The highest BCUT2D eigenvalue weighted by atomic mass is 32.2. The average molecular weight is 414 g/mol. The molecule has 0 spiro atoms. The highest BCUT2D eigenvalue weighted by molar-refractivity contribution is 8.00. The van der Waals surface area contributed by atoms with Crippen molar-refractivity contribution in [1.82, 2.24) is 15.2 Å². The van der Waals surface area contributed by atoms with E-state index in [2.05, 4.69) is 16.4 Å². The second kappa shape index (κ2) is 9.71. The van der Waals surface area contributed by atoms with Crippen LogP contribution in [0, 0.1) is 0 Å². The maximum atomic E-state index is 12.6. The van der Waals surface area contributed by atoms with E-state index in [4.69, 9.17) is 0 Å². The third-order valence-corrected chi connectivity index (χ3v) is 6.33. The number of carbonyl (C=O) groups is 2. The zero-order chi connectivity index (χ0) is 19.9. The summed E-state index contributed by atoms with van der Waals surface area (Å²) in [5, 5.41) is 4.07. The Morgan fingerprint density at radius 3 is 2.64 bits per heavy atom. The van der Waals surface area contributed by atoms with Crippen molar-refractivity contribution in [3.63, 3.8) is 0 Å². The molecule has 2 aromatic carbocycles. The fourth-order valence-corrected chi connectivity index (χ4v) is 4.65. The molecular weight excluding hydrogens is 390 g/mol. The third-order valence-electron chi connectivity index (χ3n) is 4.17. The number of nitrogens with one attached hydrogen (secondary N) is 1. The summed E-state index contributed by atoms with van der Waals surface area (Å²) in [6, 6.07) is 15.5. The van der Waals surface area contributed by atoms with Crippen molar-refractivity contribution in [3.05, 3.63) is 59.1 Å². The van der Waals surface area contributed by atoms with Gasteiger partial charge in [0.05, 0.1) is 26.5 Å². The van der Waals surface area contributed by atoms with Gasteiger partial charge in [0, 0.05) is 32.0 Å². The van der Waals surface area contributed by atoms with Crippen molar-refractivity contribution in [2.75, 3.05) is 26.4 Å². The minimum absolute atomic E-state index is 0.0241. The normalized spacial score (nSPS) is 10.8. The molecule has 3 aromatic rings. The minimum atomic E-state index is -0.107. The van der Waals surface area contributed by atoms with E-state index in [0.717, 1.165) is 28.3 Å². The van der Waals surface area contributed by atoms with Gasteiger partial charge in [-0.25, -0.2) is 4.98 Å². The highest BCUT2D eigenvalue weighted by Crippen LogP contribution is 2.24. The molecule has 5 nitrogen and oxygen atoms in total. The first-order chi connectivity index (χ1) is 13.5. The van der Waals surface area contributed by atoms with Gasteiger partial charge in [0.2, 0.25) is 5.91 Å². The van der Waals surface area contributed by atoms with Crippen LogP contribution in [0.5, 0.6) is 0 Å². The minimum Gasteiger partial charge on any atom is -0.352 e. The van der Waals surface area contributed by atoms with E-state index in [1.165, 1.54) is 16.5 Å². The van der Waals surface area contributed by atoms with E-state index < -0.39 is 0 Å². The van der Waals surface area contributed by atoms with Crippen LogP contribution in [0.1, 0.15) is 21.8 Å². The molecule has 0 aliphatic carbocycles. The molecule has 0 aliphatic rings. The maximum Gasteiger partial charge on any atom is 0.252 e. The zero-order valence-corrected chi connectivity index (χ0v) is 17.6. The number of carbonyl (C=O) groups excluding carboxylic acids is 2. The molecule has 2 amide bonds. The second-order valence-corrected chi connectivity index (χ2v) is 8.64. The largest absolute Gasteiger partial charge is 0.352 e. The van der Waals surface area contributed by atoms with Gasteiger partial charge >= 0.3 is 0 Å². The molecule has 0 saturated carbocycles. The number of thiazole rings is 1. The Bertz CT molecular complexity index is 936. The highest BCUT2D eigenvalue weighted by Gasteiger charge is 2.13. The van der Waals surface area contributed by atoms with Crippen molar-refractivity contribution < 1.29 is 9.59 Å². The predicted molar refractivity (Wildman–Crippen MR) is 116 cm³/mol. The van der Waals surface area contributed by atoms with Gasteiger partial charge in [-0.15, -0.1) is 23.1 Å². The van der Waals surface area contributed by atoms with Gasteiger partial charge in [0.25, 0.3) is 5.91 Å². The molecule has 1 heterocycles. The van der Waals surface area contributed by atoms with Crippen LogP contribution in [0.4, 0.5) is 0 Å². The molecule has 0 unspecified atom stereocenters. The number of aromatic nitrogens is 1. The van der Waals surface area contributed by atoms with Crippen LogP contribution in [0.2, 0.25) is 0 Å². The van der Waals surface area contributed by atoms with Crippen LogP contribution in [0.15, 0.2) is 53.4 Å². The molecule has 146 valence electrons. The number of amides is 2. The molecule has 0 fully saturated rings. The summed E-state index contributed by atoms with van der Waals surface area (Å²) < 4.78 is 1.19. The van der Waals surface area contributed by atoms with E-state index in [0.29, 0.717) is 17.9 Å². The van der Waals surface area contributed by atoms with Crippen molar-refractivity contribution >= 4 is 45.1 Å². The van der Waals surface area contributed by atoms with E-state index >= 15 is 0 Å². The molecule has 1 aromatic heterocycles. The second-order valence-electron chi connectivity index (χ2n) is 6.51. The molecule has 1 N–H and O–H groups in total. The Kier molecular flexibility index (Phi) is 7.06. The number of hydrogen-bond donors (Lipinski definition) is 1. The maximum absolute atomic E-state index is 12.6. The summed E-state index contributed by atoms with van der Waals surface area (Å²) in [5.74, 6) is 0.232. The number of aryl methyl sites for hydroxylation is 1. The Labute approximate surface area is 173 Å². The number of hydrogen-bond acceptors (Lipinski definition) is 5. The zero-order valence-electron chi connectivity index (χ0n) is 16.0. The van der Waals surface area contributed by atoms with Crippen LogP contribution >= 0.6 is 23.1 Å². The van der Waals surface area contributed by atoms with Gasteiger partial charge in [-0.3, -0.25) is 9.59 Å². The Morgan fingerprint density at radius 2 is 1.86 bits per heavy atom. The number of fused-ring (bicyclic) bond motifs is 1. The van der Waals surface area contributed by atoms with Gasteiger partial charge in [-0.05, 0) is 30.7 Å². The Morgan fingerprint density at radius 1 is 1.11 bits per heavy atom. The quantitative estimate of drug-likeness (QED) is 0.450. The molecule has 0 atom stereocenters. The van der Waals surface area contributed by atoms with Gasteiger partial charge in [-0.1, -0.05) is 24.3 Å². The monoisotopic (exact) mass is 413 g/mol. The summed E-state index contributed by atoms with van der Waals surface area (Å²) in [7, 11) is 3.46. The van der Waals surface area contributed by atoms with Crippen molar-refractivity contribution in [3.8, 4) is 0 Å². The molecular formula is C21H23N3O2S2. The van der Waals surface area contributed by atoms with Crippen molar-refractivity contribution in [2.45, 2.75) is 17.7 Å². The van der Waals surface area contributed by atoms with E-state index in [9.17, 15) is 9.59 Å². The fraction of sp³-hybridized carbons (Fsp3) is 0.286. The van der Waals surface area contributed by atoms with Gasteiger partial charge in [0.15, 0.2) is 0 Å². The number of thioether (sulfide) groups is 1. The third kappa shape index (κ3) is 5.33. The molecule has 7 heteroatoms. The lowest BCUT2D eigenvalue weighted by atomic mass is 10.2. The van der Waals surface area contributed by atoms with Gasteiger partial charge < -0.3 is 10.2 Å².